The van der Waals surface area contributed by atoms with Crippen molar-refractivity contribution in [2.24, 2.45) is 5.73 Å². The van der Waals surface area contributed by atoms with E-state index in [9.17, 15) is 0 Å². The highest BCUT2D eigenvalue weighted by Gasteiger charge is 2.23. The summed E-state index contributed by atoms with van der Waals surface area (Å²) in [4.78, 5) is 8.96. The lowest BCUT2D eigenvalue weighted by molar-refractivity contribution is 0.428. The molecule has 2 aromatic rings. The van der Waals surface area contributed by atoms with Gasteiger partial charge in [-0.05, 0) is 19.1 Å². The first-order valence-corrected chi connectivity index (χ1v) is 6.78. The minimum absolute atomic E-state index is 0.0658. The van der Waals surface area contributed by atoms with Crippen molar-refractivity contribution >= 4 is 0 Å². The standard InChI is InChI=1S/C14H21N5/c1-4-12-17-13(5-2)19(18-12)14(10(3)15)11-8-6-7-9-16-11/h6-10,14H,4-5,15H2,1-3H3. The number of rotatable bonds is 5. The van der Waals surface area contributed by atoms with E-state index in [0.717, 1.165) is 30.2 Å². The first kappa shape index (κ1) is 13.7. The summed E-state index contributed by atoms with van der Waals surface area (Å²) in [6, 6.07) is 5.72. The van der Waals surface area contributed by atoms with Crippen molar-refractivity contribution in [3.8, 4) is 0 Å². The Bertz CT molecular complexity index is 518. The van der Waals surface area contributed by atoms with Crippen LogP contribution >= 0.6 is 0 Å². The van der Waals surface area contributed by atoms with Crippen LogP contribution < -0.4 is 5.73 Å². The molecular weight excluding hydrogens is 238 g/mol. The molecule has 2 heterocycles. The van der Waals surface area contributed by atoms with E-state index in [1.54, 1.807) is 6.20 Å². The zero-order valence-electron chi connectivity index (χ0n) is 11.7. The Morgan fingerprint density at radius 2 is 2.05 bits per heavy atom. The fourth-order valence-electron chi connectivity index (χ4n) is 2.19. The molecular formula is C14H21N5. The summed E-state index contributed by atoms with van der Waals surface area (Å²) in [5.41, 5.74) is 7.08. The molecule has 102 valence electrons. The van der Waals surface area contributed by atoms with Crippen LogP contribution in [0.15, 0.2) is 24.4 Å². The van der Waals surface area contributed by atoms with E-state index in [1.807, 2.05) is 29.8 Å². The molecule has 0 spiro atoms. The minimum atomic E-state index is -0.0772. The molecule has 0 fully saturated rings. The lowest BCUT2D eigenvalue weighted by Gasteiger charge is -2.22. The second-order valence-electron chi connectivity index (χ2n) is 4.65. The zero-order valence-corrected chi connectivity index (χ0v) is 11.7. The van der Waals surface area contributed by atoms with E-state index in [-0.39, 0.29) is 12.1 Å². The summed E-state index contributed by atoms with van der Waals surface area (Å²) in [5.74, 6) is 1.82. The van der Waals surface area contributed by atoms with Crippen molar-refractivity contribution in [3.63, 3.8) is 0 Å². The molecule has 0 aliphatic rings. The van der Waals surface area contributed by atoms with Crippen LogP contribution in [0.5, 0.6) is 0 Å². The molecule has 0 aromatic carbocycles. The van der Waals surface area contributed by atoms with E-state index in [4.69, 9.17) is 5.73 Å². The predicted octanol–water partition coefficient (Wildman–Crippen LogP) is 1.73. The van der Waals surface area contributed by atoms with Crippen molar-refractivity contribution < 1.29 is 0 Å². The fraction of sp³-hybridized carbons (Fsp3) is 0.500. The van der Waals surface area contributed by atoms with Gasteiger partial charge >= 0.3 is 0 Å². The Morgan fingerprint density at radius 1 is 1.26 bits per heavy atom. The van der Waals surface area contributed by atoms with Gasteiger partial charge in [0.15, 0.2) is 5.82 Å². The zero-order chi connectivity index (χ0) is 13.8. The maximum atomic E-state index is 6.15. The molecule has 0 saturated carbocycles. The van der Waals surface area contributed by atoms with Gasteiger partial charge in [0.2, 0.25) is 0 Å². The summed E-state index contributed by atoms with van der Waals surface area (Å²) < 4.78 is 1.94. The van der Waals surface area contributed by atoms with Gasteiger partial charge in [0, 0.05) is 25.1 Å². The van der Waals surface area contributed by atoms with Gasteiger partial charge in [-0.1, -0.05) is 19.9 Å². The molecule has 2 atom stereocenters. The molecule has 5 nitrogen and oxygen atoms in total. The fourth-order valence-corrected chi connectivity index (χ4v) is 2.19. The predicted molar refractivity (Wildman–Crippen MR) is 74.8 cm³/mol. The molecule has 19 heavy (non-hydrogen) atoms. The molecule has 2 rings (SSSR count). The van der Waals surface area contributed by atoms with E-state index in [2.05, 4.69) is 28.9 Å². The molecule has 2 aromatic heterocycles. The van der Waals surface area contributed by atoms with Gasteiger partial charge < -0.3 is 5.73 Å². The highest BCUT2D eigenvalue weighted by atomic mass is 15.4. The number of hydrogen-bond donors (Lipinski definition) is 1. The van der Waals surface area contributed by atoms with Crippen LogP contribution in [0.3, 0.4) is 0 Å². The van der Waals surface area contributed by atoms with E-state index in [1.165, 1.54) is 0 Å². The highest BCUT2D eigenvalue weighted by Crippen LogP contribution is 2.20. The van der Waals surface area contributed by atoms with E-state index in [0.29, 0.717) is 0 Å². The second-order valence-corrected chi connectivity index (χ2v) is 4.65. The van der Waals surface area contributed by atoms with Gasteiger partial charge in [-0.2, -0.15) is 5.10 Å². The molecule has 5 heteroatoms. The Balaban J connectivity index is 2.48. The Labute approximate surface area is 113 Å². The van der Waals surface area contributed by atoms with Gasteiger partial charge in [0.25, 0.3) is 0 Å². The van der Waals surface area contributed by atoms with Crippen molar-refractivity contribution in [2.45, 2.75) is 45.7 Å². The van der Waals surface area contributed by atoms with Gasteiger partial charge in [-0.25, -0.2) is 9.67 Å². The summed E-state index contributed by atoms with van der Waals surface area (Å²) in [6.45, 7) is 6.11. The van der Waals surface area contributed by atoms with E-state index >= 15 is 0 Å². The smallest absolute Gasteiger partial charge is 0.150 e. The maximum absolute atomic E-state index is 6.15. The first-order valence-electron chi connectivity index (χ1n) is 6.78. The second kappa shape index (κ2) is 5.93. The number of nitrogens with two attached hydrogens (primary N) is 1. The molecule has 0 amide bonds. The summed E-state index contributed by atoms with van der Waals surface area (Å²) in [5, 5.41) is 4.58. The van der Waals surface area contributed by atoms with Crippen LogP contribution in [-0.4, -0.2) is 25.8 Å². The lowest BCUT2D eigenvalue weighted by Crippen LogP contribution is -2.32. The lowest BCUT2D eigenvalue weighted by atomic mass is 10.1. The molecule has 2 N–H and O–H groups in total. The number of pyridine rings is 1. The van der Waals surface area contributed by atoms with Gasteiger partial charge in [0.1, 0.15) is 11.9 Å². The molecule has 0 radical (unpaired) electrons. The van der Waals surface area contributed by atoms with Crippen LogP contribution in [0.4, 0.5) is 0 Å². The normalized spacial score (nSPS) is 14.3. The third-order valence-corrected chi connectivity index (χ3v) is 3.13. The van der Waals surface area contributed by atoms with Crippen LogP contribution in [0.2, 0.25) is 0 Å². The molecule has 0 bridgehead atoms. The molecule has 0 saturated heterocycles. The maximum Gasteiger partial charge on any atom is 0.150 e. The summed E-state index contributed by atoms with van der Waals surface area (Å²) >= 11 is 0. The summed E-state index contributed by atoms with van der Waals surface area (Å²) in [7, 11) is 0. The summed E-state index contributed by atoms with van der Waals surface area (Å²) in [6.07, 6.45) is 3.45. The van der Waals surface area contributed by atoms with Gasteiger partial charge in [-0.15, -0.1) is 0 Å². The van der Waals surface area contributed by atoms with Gasteiger partial charge in [0.05, 0.1) is 5.69 Å². The topological polar surface area (TPSA) is 69.6 Å². The van der Waals surface area contributed by atoms with Crippen molar-refractivity contribution in [2.75, 3.05) is 0 Å². The number of nitrogens with zero attached hydrogens (tertiary/aromatic N) is 4. The van der Waals surface area contributed by atoms with Crippen molar-refractivity contribution in [3.05, 3.63) is 41.7 Å². The van der Waals surface area contributed by atoms with Crippen molar-refractivity contribution in [1.82, 2.24) is 19.7 Å². The highest BCUT2D eigenvalue weighted by molar-refractivity contribution is 5.13. The van der Waals surface area contributed by atoms with Crippen LogP contribution in [0, 0.1) is 0 Å². The first-order chi connectivity index (χ1) is 9.17. The van der Waals surface area contributed by atoms with E-state index < -0.39 is 0 Å². The number of aromatic nitrogens is 4. The Morgan fingerprint density at radius 3 is 2.58 bits per heavy atom. The minimum Gasteiger partial charge on any atom is -0.326 e. The largest absolute Gasteiger partial charge is 0.326 e. The average Bonchev–Trinajstić information content (AvgIpc) is 2.83. The SMILES string of the molecule is CCc1nc(CC)n(C(c2ccccn2)C(C)N)n1. The van der Waals surface area contributed by atoms with Crippen LogP contribution in [-0.2, 0) is 12.8 Å². The number of hydrogen-bond acceptors (Lipinski definition) is 4. The monoisotopic (exact) mass is 259 g/mol. The Kier molecular flexibility index (Phi) is 4.27. The third-order valence-electron chi connectivity index (χ3n) is 3.13. The number of aryl methyl sites for hydroxylation is 2. The Hall–Kier alpha value is -1.75. The molecule has 0 aliphatic heterocycles. The van der Waals surface area contributed by atoms with Crippen molar-refractivity contribution in [1.29, 1.82) is 0 Å². The third kappa shape index (κ3) is 2.81. The van der Waals surface area contributed by atoms with Gasteiger partial charge in [-0.3, -0.25) is 4.98 Å². The quantitative estimate of drug-likeness (QED) is 0.888. The van der Waals surface area contributed by atoms with Crippen LogP contribution in [0.25, 0.3) is 0 Å². The van der Waals surface area contributed by atoms with Crippen LogP contribution in [0.1, 0.15) is 44.2 Å². The molecule has 0 aliphatic carbocycles. The average molecular weight is 259 g/mol. The molecule has 2 unspecified atom stereocenters.